The highest BCUT2D eigenvalue weighted by molar-refractivity contribution is 6.31. The van der Waals surface area contributed by atoms with E-state index >= 15 is 0 Å². The van der Waals surface area contributed by atoms with Gasteiger partial charge in [-0.15, -0.1) is 0 Å². The SMILES string of the molecule is O=[N+]([O-])c1cccc(Cl)c1COc1cccnc1F. The Hall–Kier alpha value is -2.21. The van der Waals surface area contributed by atoms with E-state index in [0.717, 1.165) is 0 Å². The van der Waals surface area contributed by atoms with E-state index in [2.05, 4.69) is 4.98 Å². The minimum atomic E-state index is -0.780. The standard InChI is InChI=1S/C12H8ClFN2O3/c13-9-3-1-4-10(16(17)18)8(9)7-19-11-5-2-6-15-12(11)14/h1-6H,7H2. The van der Waals surface area contributed by atoms with Crippen LogP contribution in [0.5, 0.6) is 5.75 Å². The van der Waals surface area contributed by atoms with Crippen molar-refractivity contribution >= 4 is 17.3 Å². The lowest BCUT2D eigenvalue weighted by Crippen LogP contribution is -2.03. The molecule has 0 unspecified atom stereocenters. The van der Waals surface area contributed by atoms with Gasteiger partial charge in [0.2, 0.25) is 0 Å². The van der Waals surface area contributed by atoms with Crippen molar-refractivity contribution in [3.05, 3.63) is 63.2 Å². The predicted molar refractivity (Wildman–Crippen MR) is 66.6 cm³/mol. The molecular formula is C12H8ClFN2O3. The molecule has 19 heavy (non-hydrogen) atoms. The van der Waals surface area contributed by atoms with Crippen LogP contribution in [0.4, 0.5) is 10.1 Å². The summed E-state index contributed by atoms with van der Waals surface area (Å²) < 4.78 is 18.4. The van der Waals surface area contributed by atoms with Gasteiger partial charge in [-0.3, -0.25) is 10.1 Å². The average Bonchev–Trinajstić information content (AvgIpc) is 2.38. The highest BCUT2D eigenvalue weighted by atomic mass is 35.5. The zero-order valence-electron chi connectivity index (χ0n) is 9.55. The lowest BCUT2D eigenvalue weighted by atomic mass is 10.2. The third-order valence-corrected chi connectivity index (χ3v) is 2.74. The summed E-state index contributed by atoms with van der Waals surface area (Å²) in [5.74, 6) is -0.867. The monoisotopic (exact) mass is 282 g/mol. The molecule has 0 saturated carbocycles. The summed E-state index contributed by atoms with van der Waals surface area (Å²) in [6.45, 7) is -0.210. The number of nitro benzene ring substituents is 1. The van der Waals surface area contributed by atoms with Crippen LogP contribution in [0.25, 0.3) is 0 Å². The molecular weight excluding hydrogens is 275 g/mol. The average molecular weight is 283 g/mol. The number of hydrogen-bond donors (Lipinski definition) is 0. The second-order valence-corrected chi connectivity index (χ2v) is 3.98. The Bertz CT molecular complexity index is 622. The third-order valence-electron chi connectivity index (χ3n) is 2.39. The molecule has 5 nitrogen and oxygen atoms in total. The molecule has 0 spiro atoms. The van der Waals surface area contributed by atoms with Crippen molar-refractivity contribution in [3.63, 3.8) is 0 Å². The van der Waals surface area contributed by atoms with E-state index < -0.39 is 10.9 Å². The zero-order chi connectivity index (χ0) is 13.8. The lowest BCUT2D eigenvalue weighted by molar-refractivity contribution is -0.385. The number of nitrogens with zero attached hydrogens (tertiary/aromatic N) is 2. The van der Waals surface area contributed by atoms with Gasteiger partial charge in [-0.05, 0) is 18.2 Å². The normalized spacial score (nSPS) is 10.2. The van der Waals surface area contributed by atoms with E-state index in [9.17, 15) is 14.5 Å². The molecule has 98 valence electrons. The van der Waals surface area contributed by atoms with Gasteiger partial charge in [0.25, 0.3) is 11.6 Å². The van der Waals surface area contributed by atoms with Crippen LogP contribution < -0.4 is 4.74 Å². The molecule has 0 saturated heterocycles. The quantitative estimate of drug-likeness (QED) is 0.490. The number of nitro groups is 1. The molecule has 2 rings (SSSR count). The number of rotatable bonds is 4. The van der Waals surface area contributed by atoms with Crippen molar-refractivity contribution in [3.8, 4) is 5.75 Å². The maximum Gasteiger partial charge on any atom is 0.277 e. The van der Waals surface area contributed by atoms with Gasteiger partial charge in [0, 0.05) is 12.3 Å². The van der Waals surface area contributed by atoms with Crippen molar-refractivity contribution in [2.45, 2.75) is 6.61 Å². The van der Waals surface area contributed by atoms with Crippen LogP contribution in [0.3, 0.4) is 0 Å². The molecule has 0 aliphatic carbocycles. The molecule has 1 aromatic carbocycles. The van der Waals surface area contributed by atoms with Crippen molar-refractivity contribution in [1.29, 1.82) is 0 Å². The number of halogens is 2. The summed E-state index contributed by atoms with van der Waals surface area (Å²) in [6, 6.07) is 7.16. The Morgan fingerprint density at radius 1 is 1.37 bits per heavy atom. The molecule has 1 heterocycles. The molecule has 0 fully saturated rings. The fourth-order valence-corrected chi connectivity index (χ4v) is 1.71. The molecule has 0 amide bonds. The van der Waals surface area contributed by atoms with E-state index in [-0.39, 0.29) is 28.6 Å². The van der Waals surface area contributed by atoms with Gasteiger partial charge in [0.15, 0.2) is 5.75 Å². The minimum absolute atomic E-state index is 0.0864. The summed E-state index contributed by atoms with van der Waals surface area (Å²) in [5.41, 5.74) is 0.0224. The molecule has 1 aromatic heterocycles. The first-order chi connectivity index (χ1) is 9.09. The van der Waals surface area contributed by atoms with Crippen LogP contribution in [0.2, 0.25) is 5.02 Å². The van der Waals surface area contributed by atoms with Crippen LogP contribution in [-0.4, -0.2) is 9.91 Å². The third kappa shape index (κ3) is 2.97. The van der Waals surface area contributed by atoms with E-state index in [4.69, 9.17) is 16.3 Å². The van der Waals surface area contributed by atoms with Gasteiger partial charge in [-0.25, -0.2) is 4.98 Å². The Kier molecular flexibility index (Phi) is 3.91. The van der Waals surface area contributed by atoms with Gasteiger partial charge < -0.3 is 4.74 Å². The number of aromatic nitrogens is 1. The van der Waals surface area contributed by atoms with Gasteiger partial charge in [-0.2, -0.15) is 4.39 Å². The highest BCUT2D eigenvalue weighted by Crippen LogP contribution is 2.27. The molecule has 0 atom stereocenters. The topological polar surface area (TPSA) is 65.3 Å². The fourth-order valence-electron chi connectivity index (χ4n) is 1.49. The van der Waals surface area contributed by atoms with Crippen LogP contribution >= 0.6 is 11.6 Å². The maximum absolute atomic E-state index is 13.2. The molecule has 0 aliphatic rings. The van der Waals surface area contributed by atoms with E-state index in [0.29, 0.717) is 0 Å². The molecule has 7 heteroatoms. The molecule has 0 N–H and O–H groups in total. The van der Waals surface area contributed by atoms with Crippen molar-refractivity contribution in [2.75, 3.05) is 0 Å². The Morgan fingerprint density at radius 3 is 2.84 bits per heavy atom. The van der Waals surface area contributed by atoms with E-state index in [1.165, 1.54) is 36.5 Å². The lowest BCUT2D eigenvalue weighted by Gasteiger charge is -2.08. The Balaban J connectivity index is 2.25. The largest absolute Gasteiger partial charge is 0.484 e. The van der Waals surface area contributed by atoms with Crippen molar-refractivity contribution < 1.29 is 14.1 Å². The zero-order valence-corrected chi connectivity index (χ0v) is 10.3. The van der Waals surface area contributed by atoms with Gasteiger partial charge in [-0.1, -0.05) is 17.7 Å². The van der Waals surface area contributed by atoms with Crippen LogP contribution in [0, 0.1) is 16.1 Å². The van der Waals surface area contributed by atoms with Gasteiger partial charge in [0.1, 0.15) is 6.61 Å². The van der Waals surface area contributed by atoms with Crippen LogP contribution in [0.1, 0.15) is 5.56 Å². The molecule has 0 aliphatic heterocycles. The fraction of sp³-hybridized carbons (Fsp3) is 0.0833. The highest BCUT2D eigenvalue weighted by Gasteiger charge is 2.17. The summed E-state index contributed by atoms with van der Waals surface area (Å²) >= 11 is 5.89. The summed E-state index contributed by atoms with van der Waals surface area (Å²) in [5, 5.41) is 11.1. The summed E-state index contributed by atoms with van der Waals surface area (Å²) in [7, 11) is 0. The smallest absolute Gasteiger partial charge is 0.277 e. The van der Waals surface area contributed by atoms with Crippen LogP contribution in [0.15, 0.2) is 36.5 Å². The number of hydrogen-bond acceptors (Lipinski definition) is 4. The molecule has 0 radical (unpaired) electrons. The van der Waals surface area contributed by atoms with E-state index in [1.807, 2.05) is 0 Å². The van der Waals surface area contributed by atoms with Crippen molar-refractivity contribution in [1.82, 2.24) is 4.98 Å². The van der Waals surface area contributed by atoms with Crippen molar-refractivity contribution in [2.24, 2.45) is 0 Å². The number of ether oxygens (including phenoxy) is 1. The Morgan fingerprint density at radius 2 is 2.16 bits per heavy atom. The first-order valence-electron chi connectivity index (χ1n) is 5.24. The number of benzene rings is 1. The van der Waals surface area contributed by atoms with Gasteiger partial charge in [0.05, 0.1) is 15.5 Å². The Labute approximate surface area is 112 Å². The summed E-state index contributed by atoms with van der Waals surface area (Å²) in [6.07, 6.45) is 1.28. The second kappa shape index (κ2) is 5.62. The maximum atomic E-state index is 13.2. The first-order valence-corrected chi connectivity index (χ1v) is 5.62. The summed E-state index contributed by atoms with van der Waals surface area (Å²) in [4.78, 5) is 13.7. The first kappa shape index (κ1) is 13.2. The van der Waals surface area contributed by atoms with E-state index in [1.54, 1.807) is 0 Å². The van der Waals surface area contributed by atoms with Gasteiger partial charge >= 0.3 is 0 Å². The predicted octanol–water partition coefficient (Wildman–Crippen LogP) is 3.36. The van der Waals surface area contributed by atoms with Crippen LogP contribution in [-0.2, 0) is 6.61 Å². The molecule has 2 aromatic rings. The minimum Gasteiger partial charge on any atom is -0.484 e. The number of pyridine rings is 1. The molecule has 0 bridgehead atoms. The second-order valence-electron chi connectivity index (χ2n) is 3.58.